The van der Waals surface area contributed by atoms with Gasteiger partial charge in [0.2, 0.25) is 0 Å². The molecule has 5 heteroatoms. The molecule has 4 bridgehead atoms. The summed E-state index contributed by atoms with van der Waals surface area (Å²) in [4.78, 5) is 35.2. The molecule has 0 atom stereocenters. The number of ketones is 1. The Morgan fingerprint density at radius 1 is 0.938 bits per heavy atom. The molecule has 162 valence electrons. The molecule has 3 aromatic rings. The van der Waals surface area contributed by atoms with Crippen LogP contribution in [0.15, 0.2) is 54.9 Å². The second-order valence-electron chi connectivity index (χ2n) is 10.0. The van der Waals surface area contributed by atoms with Crippen molar-refractivity contribution in [2.75, 3.05) is 6.61 Å². The number of benzene rings is 1. The van der Waals surface area contributed by atoms with Crippen molar-refractivity contribution in [1.29, 1.82) is 0 Å². The first-order valence-corrected chi connectivity index (χ1v) is 11.6. The molecule has 2 heterocycles. The van der Waals surface area contributed by atoms with E-state index in [1.54, 1.807) is 18.5 Å². The molecule has 0 saturated heterocycles. The molecule has 32 heavy (non-hydrogen) atoms. The van der Waals surface area contributed by atoms with Gasteiger partial charge in [0.05, 0.1) is 16.8 Å². The normalized spacial score (nSPS) is 28.1. The summed E-state index contributed by atoms with van der Waals surface area (Å²) in [5.41, 5.74) is 2.48. The monoisotopic (exact) mass is 426 g/mol. The molecule has 0 amide bonds. The van der Waals surface area contributed by atoms with Crippen molar-refractivity contribution in [2.24, 2.45) is 23.2 Å². The van der Waals surface area contributed by atoms with Crippen LogP contribution in [-0.4, -0.2) is 28.3 Å². The smallest absolute Gasteiger partial charge is 0.339 e. The highest BCUT2D eigenvalue weighted by Gasteiger charge is 2.54. The van der Waals surface area contributed by atoms with Crippen LogP contribution in [0.2, 0.25) is 0 Å². The summed E-state index contributed by atoms with van der Waals surface area (Å²) in [7, 11) is 0. The average Bonchev–Trinajstić information content (AvgIpc) is 2.81. The van der Waals surface area contributed by atoms with E-state index in [1.165, 1.54) is 19.3 Å². The first-order valence-electron chi connectivity index (χ1n) is 11.6. The Hall–Kier alpha value is -3.08. The van der Waals surface area contributed by atoms with E-state index in [0.29, 0.717) is 29.0 Å². The number of Topliss-reactive ketones (excluding diaryl/α,β-unsaturated/α-hetero) is 1. The van der Waals surface area contributed by atoms with E-state index in [4.69, 9.17) is 9.72 Å². The van der Waals surface area contributed by atoms with Crippen LogP contribution in [0.25, 0.3) is 22.2 Å². The van der Waals surface area contributed by atoms with E-state index < -0.39 is 5.97 Å². The fraction of sp³-hybridized carbons (Fsp3) is 0.407. The summed E-state index contributed by atoms with van der Waals surface area (Å²) in [6.45, 7) is -0.133. The van der Waals surface area contributed by atoms with Crippen LogP contribution in [0.3, 0.4) is 0 Å². The van der Waals surface area contributed by atoms with Gasteiger partial charge in [-0.1, -0.05) is 18.2 Å². The Morgan fingerprint density at radius 3 is 2.28 bits per heavy atom. The Balaban J connectivity index is 1.26. The minimum atomic E-state index is -0.461. The summed E-state index contributed by atoms with van der Waals surface area (Å²) in [6.07, 6.45) is 10.2. The Labute approximate surface area is 187 Å². The van der Waals surface area contributed by atoms with Crippen LogP contribution in [0, 0.1) is 23.2 Å². The zero-order valence-electron chi connectivity index (χ0n) is 18.0. The number of carbonyl (C=O) groups is 2. The molecule has 0 unspecified atom stereocenters. The highest BCUT2D eigenvalue weighted by atomic mass is 16.5. The molecule has 5 nitrogen and oxygen atoms in total. The van der Waals surface area contributed by atoms with Gasteiger partial charge in [0.15, 0.2) is 12.4 Å². The topological polar surface area (TPSA) is 69.2 Å². The number of aromatic nitrogens is 2. The molecule has 0 radical (unpaired) electrons. The van der Waals surface area contributed by atoms with Gasteiger partial charge in [0, 0.05) is 28.8 Å². The molecule has 4 aliphatic carbocycles. The summed E-state index contributed by atoms with van der Waals surface area (Å²) >= 11 is 0. The zero-order chi connectivity index (χ0) is 21.7. The van der Waals surface area contributed by atoms with E-state index in [2.05, 4.69) is 4.98 Å². The van der Waals surface area contributed by atoms with Crippen molar-refractivity contribution >= 4 is 22.7 Å². The summed E-state index contributed by atoms with van der Waals surface area (Å²) < 4.78 is 5.65. The average molecular weight is 427 g/mol. The van der Waals surface area contributed by atoms with Crippen molar-refractivity contribution in [3.05, 3.63) is 60.4 Å². The molecule has 0 N–H and O–H groups in total. The molecule has 4 aliphatic rings. The lowest BCUT2D eigenvalue weighted by Gasteiger charge is -2.55. The number of carbonyl (C=O) groups excluding carboxylic acids is 2. The number of rotatable bonds is 5. The zero-order valence-corrected chi connectivity index (χ0v) is 18.0. The van der Waals surface area contributed by atoms with Crippen molar-refractivity contribution in [2.45, 2.75) is 38.5 Å². The highest BCUT2D eigenvalue weighted by Crippen LogP contribution is 2.60. The van der Waals surface area contributed by atoms with Crippen LogP contribution in [-0.2, 0) is 9.53 Å². The van der Waals surface area contributed by atoms with Crippen LogP contribution < -0.4 is 0 Å². The third kappa shape index (κ3) is 3.31. The number of ether oxygens (including phenoxy) is 1. The molecule has 0 aliphatic heterocycles. The lowest BCUT2D eigenvalue weighted by atomic mass is 9.48. The van der Waals surface area contributed by atoms with Gasteiger partial charge in [-0.2, -0.15) is 0 Å². The van der Waals surface area contributed by atoms with Crippen LogP contribution in [0.4, 0.5) is 0 Å². The summed E-state index contributed by atoms with van der Waals surface area (Å²) in [5, 5.41) is 0.734. The van der Waals surface area contributed by atoms with Crippen molar-refractivity contribution < 1.29 is 14.3 Å². The van der Waals surface area contributed by atoms with E-state index in [0.717, 1.165) is 35.7 Å². The first kappa shape index (κ1) is 19.6. The SMILES string of the molecule is O=C(OCC(=O)C12CC3CC(CC(C3)C1)C2)c1cc(-c2ccncc2)nc2ccccc12. The van der Waals surface area contributed by atoms with Gasteiger partial charge in [0.25, 0.3) is 0 Å². The van der Waals surface area contributed by atoms with E-state index in [-0.39, 0.29) is 17.8 Å². The maximum Gasteiger partial charge on any atom is 0.339 e. The van der Waals surface area contributed by atoms with Gasteiger partial charge in [-0.3, -0.25) is 9.78 Å². The van der Waals surface area contributed by atoms with Crippen molar-refractivity contribution in [1.82, 2.24) is 9.97 Å². The molecular formula is C27H26N2O3. The predicted octanol–water partition coefficient (Wildman–Crippen LogP) is 5.24. The van der Waals surface area contributed by atoms with Crippen LogP contribution in [0.1, 0.15) is 48.9 Å². The molecule has 0 spiro atoms. The fourth-order valence-electron chi connectivity index (χ4n) is 6.83. The van der Waals surface area contributed by atoms with E-state index in [1.807, 2.05) is 36.4 Å². The molecule has 1 aromatic carbocycles. The second-order valence-corrected chi connectivity index (χ2v) is 10.0. The largest absolute Gasteiger partial charge is 0.454 e. The fourth-order valence-corrected chi connectivity index (χ4v) is 6.83. The third-order valence-corrected chi connectivity index (χ3v) is 7.88. The van der Waals surface area contributed by atoms with Gasteiger partial charge >= 0.3 is 5.97 Å². The maximum absolute atomic E-state index is 13.3. The Bertz CT molecular complexity index is 1170. The molecule has 4 saturated carbocycles. The van der Waals surface area contributed by atoms with Crippen molar-refractivity contribution in [3.8, 4) is 11.3 Å². The second kappa shape index (κ2) is 7.51. The number of para-hydroxylation sites is 1. The summed E-state index contributed by atoms with van der Waals surface area (Å²) in [6, 6.07) is 13.0. The Kier molecular flexibility index (Phi) is 4.60. The Morgan fingerprint density at radius 2 is 1.59 bits per heavy atom. The number of hydrogen-bond acceptors (Lipinski definition) is 5. The molecular weight excluding hydrogens is 400 g/mol. The van der Waals surface area contributed by atoms with Gasteiger partial charge in [-0.25, -0.2) is 9.78 Å². The molecule has 4 fully saturated rings. The number of nitrogens with zero attached hydrogens (tertiary/aromatic N) is 2. The minimum Gasteiger partial charge on any atom is -0.454 e. The minimum absolute atomic E-state index is 0.123. The number of hydrogen-bond donors (Lipinski definition) is 0. The highest BCUT2D eigenvalue weighted by molar-refractivity contribution is 6.05. The van der Waals surface area contributed by atoms with Crippen molar-refractivity contribution in [3.63, 3.8) is 0 Å². The summed E-state index contributed by atoms with van der Waals surface area (Å²) in [5.74, 6) is 1.73. The standard InChI is InChI=1S/C27H26N2O3/c30-25(27-13-17-9-18(14-27)11-19(10-17)15-27)16-32-26(31)22-12-24(20-5-7-28-8-6-20)29-23-4-2-1-3-21(22)23/h1-8,12,17-19H,9-11,13-16H2. The lowest BCUT2D eigenvalue weighted by molar-refractivity contribution is -0.147. The maximum atomic E-state index is 13.3. The number of fused-ring (bicyclic) bond motifs is 1. The quantitative estimate of drug-likeness (QED) is 0.522. The molecule has 2 aromatic heterocycles. The predicted molar refractivity (Wildman–Crippen MR) is 121 cm³/mol. The lowest BCUT2D eigenvalue weighted by Crippen LogP contribution is -2.51. The van der Waals surface area contributed by atoms with E-state index in [9.17, 15) is 9.59 Å². The number of esters is 1. The van der Waals surface area contributed by atoms with E-state index >= 15 is 0 Å². The van der Waals surface area contributed by atoms with Gasteiger partial charge in [0.1, 0.15) is 0 Å². The van der Waals surface area contributed by atoms with Crippen LogP contribution >= 0.6 is 0 Å². The first-order chi connectivity index (χ1) is 15.6. The van der Waals surface area contributed by atoms with Gasteiger partial charge in [-0.15, -0.1) is 0 Å². The molecule has 7 rings (SSSR count). The third-order valence-electron chi connectivity index (χ3n) is 7.88. The van der Waals surface area contributed by atoms with Gasteiger partial charge < -0.3 is 4.74 Å². The van der Waals surface area contributed by atoms with Gasteiger partial charge in [-0.05, 0) is 80.5 Å². The number of pyridine rings is 2. The van der Waals surface area contributed by atoms with Crippen LogP contribution in [0.5, 0.6) is 0 Å².